The summed E-state index contributed by atoms with van der Waals surface area (Å²) in [5.41, 5.74) is 2.19. The van der Waals surface area contributed by atoms with Gasteiger partial charge in [-0.25, -0.2) is 0 Å². The fraction of sp³-hybridized carbons (Fsp3) is 0.647. The topological polar surface area (TPSA) is 55.2 Å². The van der Waals surface area contributed by atoms with Gasteiger partial charge in [0.2, 0.25) is 0 Å². The molecule has 2 aliphatic carbocycles. The maximum atomic E-state index is 10.9. The van der Waals surface area contributed by atoms with E-state index in [2.05, 4.69) is 12.2 Å². The average molecular weight is 288 g/mol. The van der Waals surface area contributed by atoms with Crippen LogP contribution in [-0.2, 0) is 0 Å². The second-order valence-corrected chi connectivity index (χ2v) is 7.17. The number of aryl methyl sites for hydroxylation is 1. The minimum absolute atomic E-state index is 0.205. The number of anilines is 1. The predicted octanol–water partition coefficient (Wildman–Crippen LogP) is 4.67. The first-order valence-electron chi connectivity index (χ1n) is 8.01. The van der Waals surface area contributed by atoms with Gasteiger partial charge in [-0.1, -0.05) is 19.8 Å². The van der Waals surface area contributed by atoms with Crippen LogP contribution in [0.25, 0.3) is 0 Å². The second kappa shape index (κ2) is 5.32. The molecule has 0 spiro atoms. The van der Waals surface area contributed by atoms with Crippen molar-refractivity contribution in [2.75, 3.05) is 5.32 Å². The van der Waals surface area contributed by atoms with E-state index in [0.29, 0.717) is 0 Å². The number of nitrogens with one attached hydrogen (secondary N) is 1. The van der Waals surface area contributed by atoms with Crippen LogP contribution >= 0.6 is 0 Å². The summed E-state index contributed by atoms with van der Waals surface area (Å²) in [5.74, 6) is 1.63. The van der Waals surface area contributed by atoms with Crippen molar-refractivity contribution in [2.45, 2.75) is 57.9 Å². The molecule has 1 N–H and O–H groups in total. The van der Waals surface area contributed by atoms with Crippen molar-refractivity contribution in [3.8, 4) is 0 Å². The molecule has 1 aromatic rings. The molecule has 2 saturated carbocycles. The molecule has 1 aromatic carbocycles. The molecule has 3 unspecified atom stereocenters. The molecule has 0 heterocycles. The van der Waals surface area contributed by atoms with Crippen LogP contribution in [0.2, 0.25) is 0 Å². The van der Waals surface area contributed by atoms with Crippen molar-refractivity contribution in [3.05, 3.63) is 33.9 Å². The van der Waals surface area contributed by atoms with E-state index >= 15 is 0 Å². The molecule has 2 fully saturated rings. The lowest BCUT2D eigenvalue weighted by Gasteiger charge is -2.48. The minimum atomic E-state index is -0.309. The third-order valence-electron chi connectivity index (χ3n) is 5.23. The molecule has 4 nitrogen and oxygen atoms in total. The Morgan fingerprint density at radius 2 is 2.19 bits per heavy atom. The third kappa shape index (κ3) is 2.89. The molecule has 2 bridgehead atoms. The van der Waals surface area contributed by atoms with Gasteiger partial charge in [0.1, 0.15) is 0 Å². The lowest BCUT2D eigenvalue weighted by Crippen LogP contribution is -2.47. The predicted molar refractivity (Wildman–Crippen MR) is 84.5 cm³/mol. The molecule has 0 saturated heterocycles. The Bertz CT molecular complexity index is 554. The smallest absolute Gasteiger partial charge is 0.272 e. The summed E-state index contributed by atoms with van der Waals surface area (Å²) in [6.07, 6.45) is 7.74. The van der Waals surface area contributed by atoms with Gasteiger partial charge < -0.3 is 5.32 Å². The zero-order chi connectivity index (χ0) is 15.0. The molecule has 21 heavy (non-hydrogen) atoms. The largest absolute Gasteiger partial charge is 0.380 e. The van der Waals surface area contributed by atoms with Crippen molar-refractivity contribution in [1.82, 2.24) is 0 Å². The number of nitrogens with zero attached hydrogens (tertiary/aromatic N) is 1. The first-order valence-corrected chi connectivity index (χ1v) is 8.01. The Hall–Kier alpha value is -1.58. The Kier molecular flexibility index (Phi) is 3.64. The summed E-state index contributed by atoms with van der Waals surface area (Å²) in [6.45, 7) is 4.17. The van der Waals surface area contributed by atoms with Crippen LogP contribution in [0.3, 0.4) is 0 Å². The van der Waals surface area contributed by atoms with Crippen molar-refractivity contribution >= 4 is 11.4 Å². The van der Waals surface area contributed by atoms with E-state index in [0.717, 1.165) is 23.1 Å². The van der Waals surface area contributed by atoms with Crippen LogP contribution in [-0.4, -0.2) is 10.5 Å². The normalized spacial score (nSPS) is 31.7. The number of hydrogen-bond donors (Lipinski definition) is 1. The molecule has 114 valence electrons. The van der Waals surface area contributed by atoms with Crippen LogP contribution in [0.5, 0.6) is 0 Å². The van der Waals surface area contributed by atoms with Gasteiger partial charge >= 0.3 is 0 Å². The Morgan fingerprint density at radius 3 is 2.90 bits per heavy atom. The highest BCUT2D eigenvalue weighted by atomic mass is 16.6. The number of rotatable bonds is 3. The van der Waals surface area contributed by atoms with Gasteiger partial charge in [0, 0.05) is 22.9 Å². The minimum Gasteiger partial charge on any atom is -0.380 e. The van der Waals surface area contributed by atoms with E-state index in [1.165, 1.54) is 38.5 Å². The van der Waals surface area contributed by atoms with Crippen LogP contribution in [0.15, 0.2) is 18.2 Å². The van der Waals surface area contributed by atoms with Gasteiger partial charge in [-0.3, -0.25) is 10.1 Å². The lowest BCUT2D eigenvalue weighted by atomic mass is 9.64. The Morgan fingerprint density at radius 1 is 1.38 bits per heavy atom. The number of hydrogen-bond acceptors (Lipinski definition) is 3. The molecular formula is C17H24N2O2. The van der Waals surface area contributed by atoms with Gasteiger partial charge in [0.05, 0.1) is 4.92 Å². The Labute approximate surface area is 126 Å². The highest BCUT2D eigenvalue weighted by molar-refractivity contribution is 5.55. The van der Waals surface area contributed by atoms with Crippen molar-refractivity contribution in [3.63, 3.8) is 0 Å². The number of fused-ring (bicyclic) bond motifs is 2. The zero-order valence-corrected chi connectivity index (χ0v) is 12.9. The van der Waals surface area contributed by atoms with E-state index in [1.807, 2.05) is 19.1 Å². The van der Waals surface area contributed by atoms with Crippen molar-refractivity contribution in [1.29, 1.82) is 0 Å². The molecule has 4 heteroatoms. The SMILES string of the molecule is Cc1cc(NC23CCCC(CC(C)C2)C3)ccc1[N+](=O)[O-]. The van der Waals surface area contributed by atoms with E-state index < -0.39 is 0 Å². The van der Waals surface area contributed by atoms with E-state index in [4.69, 9.17) is 0 Å². The van der Waals surface area contributed by atoms with E-state index in [1.54, 1.807) is 6.07 Å². The lowest BCUT2D eigenvalue weighted by molar-refractivity contribution is -0.385. The Balaban J connectivity index is 1.82. The molecule has 3 atom stereocenters. The molecule has 0 amide bonds. The molecule has 0 aromatic heterocycles. The summed E-state index contributed by atoms with van der Waals surface area (Å²) in [5, 5.41) is 14.7. The quantitative estimate of drug-likeness (QED) is 0.649. The van der Waals surface area contributed by atoms with E-state index in [-0.39, 0.29) is 16.1 Å². The molecular weight excluding hydrogens is 264 g/mol. The second-order valence-electron chi connectivity index (χ2n) is 7.17. The summed E-state index contributed by atoms with van der Waals surface area (Å²) < 4.78 is 0. The molecule has 0 radical (unpaired) electrons. The van der Waals surface area contributed by atoms with Crippen LogP contribution in [0.4, 0.5) is 11.4 Å². The highest BCUT2D eigenvalue weighted by Crippen LogP contribution is 2.46. The first kappa shape index (κ1) is 14.4. The fourth-order valence-corrected chi connectivity index (χ4v) is 4.60. The zero-order valence-electron chi connectivity index (χ0n) is 12.9. The first-order chi connectivity index (χ1) is 9.97. The van der Waals surface area contributed by atoms with Crippen LogP contribution < -0.4 is 5.32 Å². The monoisotopic (exact) mass is 288 g/mol. The fourth-order valence-electron chi connectivity index (χ4n) is 4.60. The summed E-state index contributed by atoms with van der Waals surface area (Å²) in [6, 6.07) is 5.42. The van der Waals surface area contributed by atoms with Crippen LogP contribution in [0, 0.1) is 28.9 Å². The molecule has 3 rings (SSSR count). The summed E-state index contributed by atoms with van der Waals surface area (Å²) in [7, 11) is 0. The van der Waals surface area contributed by atoms with Gasteiger partial charge in [-0.05, 0) is 56.6 Å². The average Bonchev–Trinajstić information content (AvgIpc) is 2.36. The highest BCUT2D eigenvalue weighted by Gasteiger charge is 2.41. The van der Waals surface area contributed by atoms with Crippen molar-refractivity contribution in [2.24, 2.45) is 11.8 Å². The van der Waals surface area contributed by atoms with Gasteiger partial charge in [0.25, 0.3) is 5.69 Å². The number of nitro groups is 1. The van der Waals surface area contributed by atoms with Crippen molar-refractivity contribution < 1.29 is 4.92 Å². The maximum absolute atomic E-state index is 10.9. The van der Waals surface area contributed by atoms with Crippen LogP contribution in [0.1, 0.15) is 51.0 Å². The third-order valence-corrected chi connectivity index (χ3v) is 5.23. The number of nitro benzene ring substituents is 1. The number of benzene rings is 1. The summed E-state index contributed by atoms with van der Waals surface area (Å²) >= 11 is 0. The van der Waals surface area contributed by atoms with E-state index in [9.17, 15) is 10.1 Å². The maximum Gasteiger partial charge on any atom is 0.272 e. The molecule has 0 aliphatic heterocycles. The standard InChI is InChI=1S/C17H24N2O2/c1-12-8-14-4-3-7-17(10-12,11-14)18-15-5-6-16(19(20)21)13(2)9-15/h5-6,9,12,14,18H,3-4,7-8,10-11H2,1-2H3. The summed E-state index contributed by atoms with van der Waals surface area (Å²) in [4.78, 5) is 10.6. The molecule has 2 aliphatic rings. The van der Waals surface area contributed by atoms with Gasteiger partial charge in [-0.2, -0.15) is 0 Å². The van der Waals surface area contributed by atoms with Gasteiger partial charge in [-0.15, -0.1) is 0 Å². The van der Waals surface area contributed by atoms with Gasteiger partial charge in [0.15, 0.2) is 0 Å².